The van der Waals surface area contributed by atoms with E-state index >= 15 is 0 Å². The van der Waals surface area contributed by atoms with E-state index in [0.717, 1.165) is 17.0 Å². The maximum Gasteiger partial charge on any atom is 0.422 e. The zero-order valence-corrected chi connectivity index (χ0v) is 20.9. The lowest BCUT2D eigenvalue weighted by atomic mass is 10.00. The Hall–Kier alpha value is -2.52. The fraction of sp³-hybridized carbons (Fsp3) is 0.708. The van der Waals surface area contributed by atoms with Crippen molar-refractivity contribution < 1.29 is 37.1 Å². The van der Waals surface area contributed by atoms with Gasteiger partial charge >= 0.3 is 12.3 Å². The van der Waals surface area contributed by atoms with Crippen LogP contribution < -0.4 is 14.9 Å². The van der Waals surface area contributed by atoms with E-state index in [2.05, 4.69) is 19.2 Å². The summed E-state index contributed by atoms with van der Waals surface area (Å²) >= 11 is 0. The molecule has 2 atom stereocenters. The number of carbonyl (C=O) groups is 2. The van der Waals surface area contributed by atoms with Gasteiger partial charge in [-0.1, -0.05) is 20.3 Å². The predicted molar refractivity (Wildman–Crippen MR) is 120 cm³/mol. The van der Waals surface area contributed by atoms with E-state index in [4.69, 9.17) is 9.57 Å². The average Bonchev–Trinajstić information content (AvgIpc) is 3.18. The Bertz CT molecular complexity index is 868. The standard InChI is InChI=1S/C21H28F3N3O4.C3H8/c1-20(2,3)31-19(29)25-16-6-5-13(10-16)18(28)26-8-7-17-14(11-26)9-15(21(22,23)24)12-27(17)30-4;1-3-2/h9,12-13,16H,5-8,10-11H2,1-4H3;3H2,1-2H3/p+1. The molecular formula is C24H37F3N3O4+. The third kappa shape index (κ3) is 7.50. The average molecular weight is 489 g/mol. The number of hydrogen-bond acceptors (Lipinski definition) is 4. The molecule has 0 radical (unpaired) electrons. The third-order valence-electron chi connectivity index (χ3n) is 5.54. The number of carbonyl (C=O) groups excluding carboxylic acids is 2. The number of ether oxygens (including phenoxy) is 1. The molecule has 2 aliphatic rings. The molecule has 34 heavy (non-hydrogen) atoms. The van der Waals surface area contributed by atoms with Crippen molar-refractivity contribution in [3.05, 3.63) is 29.1 Å². The first-order valence-corrected chi connectivity index (χ1v) is 11.8. The monoisotopic (exact) mass is 488 g/mol. The summed E-state index contributed by atoms with van der Waals surface area (Å²) < 4.78 is 46.1. The van der Waals surface area contributed by atoms with Gasteiger partial charge < -0.3 is 15.0 Å². The largest absolute Gasteiger partial charge is 0.444 e. The van der Waals surface area contributed by atoms with E-state index in [0.29, 0.717) is 43.5 Å². The highest BCUT2D eigenvalue weighted by Gasteiger charge is 2.40. The van der Waals surface area contributed by atoms with Gasteiger partial charge in [-0.3, -0.25) is 9.63 Å². The molecule has 3 rings (SSSR count). The molecule has 1 aromatic heterocycles. The van der Waals surface area contributed by atoms with Crippen LogP contribution in [0.4, 0.5) is 18.0 Å². The van der Waals surface area contributed by atoms with Crippen LogP contribution in [-0.4, -0.2) is 42.2 Å². The maximum atomic E-state index is 13.2. The molecule has 1 fully saturated rings. The molecule has 0 bridgehead atoms. The topological polar surface area (TPSA) is 71.8 Å². The summed E-state index contributed by atoms with van der Waals surface area (Å²) in [6.07, 6.45) is -0.679. The molecule has 1 aromatic rings. The Labute approximate surface area is 199 Å². The van der Waals surface area contributed by atoms with E-state index in [9.17, 15) is 22.8 Å². The van der Waals surface area contributed by atoms with Crippen LogP contribution in [-0.2, 0) is 28.7 Å². The minimum atomic E-state index is -4.51. The molecule has 0 spiro atoms. The van der Waals surface area contributed by atoms with Crippen molar-refractivity contribution in [3.63, 3.8) is 0 Å². The Balaban J connectivity index is 0.00000129. The zero-order valence-electron chi connectivity index (χ0n) is 20.9. The summed E-state index contributed by atoms with van der Waals surface area (Å²) in [6.45, 7) is 10.1. The van der Waals surface area contributed by atoms with Gasteiger partial charge in [0.25, 0.3) is 0 Å². The molecule has 2 unspecified atom stereocenters. The van der Waals surface area contributed by atoms with Crippen molar-refractivity contribution in [3.8, 4) is 0 Å². The molecule has 7 nitrogen and oxygen atoms in total. The first-order valence-electron chi connectivity index (χ1n) is 11.8. The molecule has 1 N–H and O–H groups in total. The molecule has 0 saturated heterocycles. The third-order valence-corrected chi connectivity index (χ3v) is 5.54. The number of nitrogens with one attached hydrogen (secondary N) is 1. The van der Waals surface area contributed by atoms with Gasteiger partial charge in [0.15, 0.2) is 0 Å². The van der Waals surface area contributed by atoms with Crippen LogP contribution in [0, 0.1) is 5.92 Å². The van der Waals surface area contributed by atoms with Gasteiger partial charge in [0, 0.05) is 28.8 Å². The fourth-order valence-electron chi connectivity index (χ4n) is 4.16. The number of amides is 2. The first kappa shape index (κ1) is 27.7. The van der Waals surface area contributed by atoms with Crippen molar-refractivity contribution >= 4 is 12.0 Å². The second-order valence-corrected chi connectivity index (χ2v) is 9.78. The van der Waals surface area contributed by atoms with Gasteiger partial charge in [-0.05, 0) is 46.1 Å². The van der Waals surface area contributed by atoms with Crippen LogP contribution in [0.3, 0.4) is 0 Å². The normalized spacial score (nSPS) is 20.1. The van der Waals surface area contributed by atoms with Crippen molar-refractivity contribution in [1.29, 1.82) is 0 Å². The van der Waals surface area contributed by atoms with Crippen LogP contribution in [0.1, 0.15) is 77.1 Å². The van der Waals surface area contributed by atoms with Crippen LogP contribution in [0.2, 0.25) is 0 Å². The number of hydrogen-bond donors (Lipinski definition) is 1. The molecular weight excluding hydrogens is 451 g/mol. The Morgan fingerprint density at radius 3 is 2.41 bits per heavy atom. The summed E-state index contributed by atoms with van der Waals surface area (Å²) in [5.74, 6) is -0.373. The van der Waals surface area contributed by atoms with Gasteiger partial charge in [0.2, 0.25) is 17.8 Å². The molecule has 0 aromatic carbocycles. The van der Waals surface area contributed by atoms with E-state index < -0.39 is 23.4 Å². The molecule has 192 valence electrons. The number of nitrogens with zero attached hydrogens (tertiary/aromatic N) is 2. The van der Waals surface area contributed by atoms with Crippen molar-refractivity contribution in [2.45, 2.75) is 91.1 Å². The second-order valence-electron chi connectivity index (χ2n) is 9.78. The summed E-state index contributed by atoms with van der Waals surface area (Å²) in [4.78, 5) is 31.7. The van der Waals surface area contributed by atoms with Crippen LogP contribution in [0.15, 0.2) is 12.3 Å². The van der Waals surface area contributed by atoms with Crippen LogP contribution >= 0.6 is 0 Å². The van der Waals surface area contributed by atoms with Gasteiger partial charge in [-0.15, -0.1) is 0 Å². The van der Waals surface area contributed by atoms with E-state index in [1.807, 2.05) is 0 Å². The number of rotatable bonds is 3. The van der Waals surface area contributed by atoms with Crippen LogP contribution in [0.25, 0.3) is 0 Å². The number of alkyl halides is 3. The molecule has 1 saturated carbocycles. The molecule has 2 amide bonds. The van der Waals surface area contributed by atoms with Gasteiger partial charge in [-0.25, -0.2) is 4.79 Å². The number of pyridine rings is 1. The van der Waals surface area contributed by atoms with Gasteiger partial charge in [0.05, 0.1) is 13.0 Å². The van der Waals surface area contributed by atoms with Crippen molar-refractivity contribution in [2.75, 3.05) is 13.7 Å². The molecule has 1 aliphatic carbocycles. The summed E-state index contributed by atoms with van der Waals surface area (Å²) in [6, 6.07) is 0.930. The zero-order chi connectivity index (χ0) is 25.7. The molecule has 1 aliphatic heterocycles. The molecule has 2 heterocycles. The lowest BCUT2D eigenvalue weighted by Gasteiger charge is -2.29. The Kier molecular flexibility index (Phi) is 9.19. The lowest BCUT2D eigenvalue weighted by molar-refractivity contribution is -0.891. The fourth-order valence-corrected chi connectivity index (χ4v) is 4.16. The highest BCUT2D eigenvalue weighted by atomic mass is 19.4. The highest BCUT2D eigenvalue weighted by Crippen LogP contribution is 2.32. The number of fused-ring (bicyclic) bond motifs is 1. The number of aromatic nitrogens is 1. The van der Waals surface area contributed by atoms with E-state index in [1.165, 1.54) is 13.5 Å². The SMILES string of the molecule is CCC.CO[n+]1cc(C(F)(F)F)cc2c1CCN(C(=O)C1CCC(NC(=O)OC(C)(C)C)C1)C2. The minimum absolute atomic E-state index is 0.0967. The van der Waals surface area contributed by atoms with Gasteiger partial charge in [-0.2, -0.15) is 13.2 Å². The highest BCUT2D eigenvalue weighted by molar-refractivity contribution is 5.79. The van der Waals surface area contributed by atoms with Gasteiger partial charge in [0.1, 0.15) is 18.3 Å². The number of halogens is 3. The Morgan fingerprint density at radius 1 is 1.21 bits per heavy atom. The minimum Gasteiger partial charge on any atom is -0.444 e. The smallest absolute Gasteiger partial charge is 0.422 e. The summed E-state index contributed by atoms with van der Waals surface area (Å²) in [7, 11) is 1.31. The maximum absolute atomic E-state index is 13.2. The molecule has 10 heteroatoms. The summed E-state index contributed by atoms with van der Waals surface area (Å²) in [5, 5.41) is 2.80. The first-order chi connectivity index (χ1) is 15.8. The van der Waals surface area contributed by atoms with Crippen molar-refractivity contribution in [1.82, 2.24) is 10.2 Å². The van der Waals surface area contributed by atoms with E-state index in [1.54, 1.807) is 25.7 Å². The predicted octanol–water partition coefficient (Wildman–Crippen LogP) is 4.05. The lowest BCUT2D eigenvalue weighted by Crippen LogP contribution is -2.50. The second kappa shape index (κ2) is 11.3. The quantitative estimate of drug-likeness (QED) is 0.652. The summed E-state index contributed by atoms with van der Waals surface area (Å²) in [5.41, 5.74) is -0.356. The van der Waals surface area contributed by atoms with Crippen LogP contribution in [0.5, 0.6) is 0 Å². The Morgan fingerprint density at radius 2 is 1.85 bits per heavy atom. The number of alkyl carbamates (subject to hydrolysis) is 1. The van der Waals surface area contributed by atoms with E-state index in [-0.39, 0.29) is 24.4 Å². The van der Waals surface area contributed by atoms with Crippen molar-refractivity contribution in [2.24, 2.45) is 5.92 Å².